The number of likely N-dealkylation sites (tertiary alicyclic amines) is 1. The Labute approximate surface area is 149 Å². The van der Waals surface area contributed by atoms with E-state index in [0.29, 0.717) is 12.3 Å². The van der Waals surface area contributed by atoms with Crippen molar-refractivity contribution >= 4 is 16.9 Å². The predicted molar refractivity (Wildman–Crippen MR) is 98.9 cm³/mol. The molecule has 25 heavy (non-hydrogen) atoms. The Morgan fingerprint density at radius 2 is 2.28 bits per heavy atom. The van der Waals surface area contributed by atoms with E-state index in [1.165, 1.54) is 24.8 Å². The van der Waals surface area contributed by atoms with Gasteiger partial charge in [-0.05, 0) is 61.6 Å². The zero-order valence-corrected chi connectivity index (χ0v) is 15.0. The van der Waals surface area contributed by atoms with Crippen molar-refractivity contribution < 1.29 is 4.79 Å². The summed E-state index contributed by atoms with van der Waals surface area (Å²) in [5.41, 5.74) is 8.43. The van der Waals surface area contributed by atoms with Crippen LogP contribution in [0.4, 0.5) is 0 Å². The van der Waals surface area contributed by atoms with Gasteiger partial charge in [-0.2, -0.15) is 0 Å². The summed E-state index contributed by atoms with van der Waals surface area (Å²) in [6.45, 7) is 2.94. The van der Waals surface area contributed by atoms with Gasteiger partial charge in [0, 0.05) is 30.7 Å². The van der Waals surface area contributed by atoms with Crippen LogP contribution in [0.3, 0.4) is 0 Å². The Morgan fingerprint density at radius 3 is 3.16 bits per heavy atom. The highest BCUT2D eigenvalue weighted by atomic mass is 16.2. The molecule has 5 nitrogen and oxygen atoms in total. The summed E-state index contributed by atoms with van der Waals surface area (Å²) in [7, 11) is 0. The molecular formula is C20H28N4O. The molecule has 4 rings (SSSR count). The maximum Gasteiger partial charge on any atom is 0.224 e. The van der Waals surface area contributed by atoms with Gasteiger partial charge in [0.15, 0.2) is 0 Å². The van der Waals surface area contributed by atoms with E-state index < -0.39 is 5.66 Å². The quantitative estimate of drug-likeness (QED) is 0.897. The highest BCUT2D eigenvalue weighted by Gasteiger charge is 2.46. The first-order chi connectivity index (χ1) is 12.1. The van der Waals surface area contributed by atoms with Gasteiger partial charge in [0.25, 0.3) is 0 Å². The number of aromatic amines is 1. The molecule has 0 bridgehead atoms. The molecule has 0 radical (unpaired) electrons. The average Bonchev–Trinajstić information content (AvgIpc) is 3.04. The number of aromatic nitrogens is 2. The van der Waals surface area contributed by atoms with Gasteiger partial charge in [-0.15, -0.1) is 0 Å². The van der Waals surface area contributed by atoms with E-state index in [4.69, 9.17) is 5.73 Å². The molecule has 3 N–H and O–H groups in total. The summed E-state index contributed by atoms with van der Waals surface area (Å²) in [6, 6.07) is 4.01. The van der Waals surface area contributed by atoms with E-state index in [1.807, 2.05) is 17.2 Å². The van der Waals surface area contributed by atoms with E-state index in [2.05, 4.69) is 23.0 Å². The van der Waals surface area contributed by atoms with Gasteiger partial charge in [-0.1, -0.05) is 13.3 Å². The highest BCUT2D eigenvalue weighted by Crippen LogP contribution is 2.41. The number of nitrogens with one attached hydrogen (secondary N) is 1. The number of rotatable bonds is 3. The summed E-state index contributed by atoms with van der Waals surface area (Å²) in [6.07, 6.45) is 11.1. The summed E-state index contributed by atoms with van der Waals surface area (Å²) >= 11 is 0. The van der Waals surface area contributed by atoms with Gasteiger partial charge >= 0.3 is 0 Å². The molecule has 1 amide bonds. The molecule has 0 spiro atoms. The van der Waals surface area contributed by atoms with Gasteiger partial charge in [0.05, 0.1) is 5.66 Å². The molecule has 1 aliphatic heterocycles. The van der Waals surface area contributed by atoms with Crippen LogP contribution in [0.1, 0.15) is 63.4 Å². The number of nitrogens with two attached hydrogens (primary N) is 1. The number of carbonyl (C=O) groups is 1. The van der Waals surface area contributed by atoms with Gasteiger partial charge in [-0.3, -0.25) is 4.79 Å². The lowest BCUT2D eigenvalue weighted by atomic mass is 9.73. The largest absolute Gasteiger partial charge is 0.346 e. The van der Waals surface area contributed by atoms with Crippen LogP contribution in [0.15, 0.2) is 24.5 Å². The molecule has 1 saturated heterocycles. The molecule has 1 aliphatic carbocycles. The van der Waals surface area contributed by atoms with Gasteiger partial charge < -0.3 is 15.6 Å². The Hall–Kier alpha value is -1.88. The van der Waals surface area contributed by atoms with Crippen LogP contribution in [-0.2, 0) is 4.79 Å². The van der Waals surface area contributed by atoms with Crippen LogP contribution >= 0.6 is 0 Å². The lowest BCUT2D eigenvalue weighted by molar-refractivity contribution is -0.146. The van der Waals surface area contributed by atoms with Crippen molar-refractivity contribution in [2.75, 3.05) is 6.54 Å². The van der Waals surface area contributed by atoms with E-state index >= 15 is 0 Å². The second-order valence-corrected chi connectivity index (χ2v) is 7.87. The zero-order chi connectivity index (χ0) is 17.4. The fourth-order valence-corrected chi connectivity index (χ4v) is 4.93. The number of hydrogen-bond donors (Lipinski definition) is 2. The van der Waals surface area contributed by atoms with E-state index in [0.717, 1.165) is 36.8 Å². The number of H-pyrrole nitrogens is 1. The molecule has 0 aromatic carbocycles. The number of piperidine rings is 1. The van der Waals surface area contributed by atoms with Crippen LogP contribution in [0.5, 0.6) is 0 Å². The number of fused-ring (bicyclic) bond motifs is 2. The molecule has 3 atom stereocenters. The number of carbonyl (C=O) groups excluding carboxylic acids is 1. The van der Waals surface area contributed by atoms with Gasteiger partial charge in [0.2, 0.25) is 5.91 Å². The Bertz CT molecular complexity index is 768. The Kier molecular flexibility index (Phi) is 4.28. The first kappa shape index (κ1) is 16.6. The van der Waals surface area contributed by atoms with Crippen molar-refractivity contribution in [3.8, 4) is 0 Å². The number of hydrogen-bond acceptors (Lipinski definition) is 3. The second-order valence-electron chi connectivity index (χ2n) is 7.87. The fourth-order valence-electron chi connectivity index (χ4n) is 4.93. The van der Waals surface area contributed by atoms with Crippen LogP contribution in [0.25, 0.3) is 11.0 Å². The minimum atomic E-state index is -0.408. The summed E-state index contributed by atoms with van der Waals surface area (Å²) in [5.74, 6) is 0.837. The molecule has 134 valence electrons. The minimum absolute atomic E-state index is 0.151. The molecule has 3 unspecified atom stereocenters. The molecule has 2 aliphatic rings. The van der Waals surface area contributed by atoms with Crippen molar-refractivity contribution in [3.05, 3.63) is 30.1 Å². The normalized spacial score (nSPS) is 27.9. The smallest absolute Gasteiger partial charge is 0.224 e. The average molecular weight is 340 g/mol. The molecule has 1 saturated carbocycles. The molecule has 2 fully saturated rings. The highest BCUT2D eigenvalue weighted by molar-refractivity contribution is 5.83. The summed E-state index contributed by atoms with van der Waals surface area (Å²) < 4.78 is 0. The number of nitrogens with zero attached hydrogens (tertiary/aromatic N) is 2. The van der Waals surface area contributed by atoms with Crippen LogP contribution < -0.4 is 5.73 Å². The number of pyridine rings is 1. The lowest BCUT2D eigenvalue weighted by Gasteiger charge is -2.52. The first-order valence-electron chi connectivity index (χ1n) is 9.61. The molecule has 3 heterocycles. The zero-order valence-electron chi connectivity index (χ0n) is 15.0. The lowest BCUT2D eigenvalue weighted by Crippen LogP contribution is -2.66. The SMILES string of the molecule is CC(CC(=O)N1CCCC2CCCCC21N)c1c[nH]c2ncccc12. The van der Waals surface area contributed by atoms with Crippen molar-refractivity contribution in [3.63, 3.8) is 0 Å². The van der Waals surface area contributed by atoms with Gasteiger partial charge in [0.1, 0.15) is 5.65 Å². The summed E-state index contributed by atoms with van der Waals surface area (Å²) in [4.78, 5) is 22.7. The topological polar surface area (TPSA) is 75.0 Å². The maximum atomic E-state index is 13.1. The molecule has 5 heteroatoms. The van der Waals surface area contributed by atoms with Crippen LogP contribution in [0.2, 0.25) is 0 Å². The fraction of sp³-hybridized carbons (Fsp3) is 0.600. The molecule has 2 aromatic rings. The third-order valence-corrected chi connectivity index (χ3v) is 6.32. The van der Waals surface area contributed by atoms with Gasteiger partial charge in [-0.25, -0.2) is 4.98 Å². The van der Waals surface area contributed by atoms with E-state index in [1.54, 1.807) is 6.20 Å². The third kappa shape index (κ3) is 2.84. The second kappa shape index (κ2) is 6.45. The van der Waals surface area contributed by atoms with Crippen molar-refractivity contribution in [1.29, 1.82) is 0 Å². The first-order valence-corrected chi connectivity index (χ1v) is 9.61. The third-order valence-electron chi connectivity index (χ3n) is 6.32. The molecule has 2 aromatic heterocycles. The maximum absolute atomic E-state index is 13.1. The molecular weight excluding hydrogens is 312 g/mol. The monoisotopic (exact) mass is 340 g/mol. The van der Waals surface area contributed by atoms with E-state index in [-0.39, 0.29) is 11.8 Å². The predicted octanol–water partition coefficient (Wildman–Crippen LogP) is 3.52. The standard InChI is InChI=1S/C20H28N4O/c1-14(17-13-23-19-16(17)8-4-10-22-19)12-18(25)24-11-5-7-15-6-2-3-9-20(15,24)21/h4,8,10,13-15H,2-3,5-7,9,11-12,21H2,1H3,(H,22,23). The van der Waals surface area contributed by atoms with Crippen LogP contribution in [0, 0.1) is 5.92 Å². The van der Waals surface area contributed by atoms with Crippen molar-refractivity contribution in [2.24, 2.45) is 11.7 Å². The number of amides is 1. The Balaban J connectivity index is 1.53. The van der Waals surface area contributed by atoms with Crippen molar-refractivity contribution in [1.82, 2.24) is 14.9 Å². The Morgan fingerprint density at radius 1 is 1.44 bits per heavy atom. The van der Waals surface area contributed by atoms with E-state index in [9.17, 15) is 4.79 Å². The van der Waals surface area contributed by atoms with Crippen LogP contribution in [-0.4, -0.2) is 33.0 Å². The van der Waals surface area contributed by atoms with Crippen molar-refractivity contribution in [2.45, 2.75) is 63.5 Å². The summed E-state index contributed by atoms with van der Waals surface area (Å²) in [5, 5.41) is 1.11. The minimum Gasteiger partial charge on any atom is -0.346 e.